The van der Waals surface area contributed by atoms with E-state index in [1.54, 1.807) is 36.4 Å². The molecule has 3 amide bonds. The molecular formula is C24H26Cl3N3O5S. The van der Waals surface area contributed by atoms with Crippen LogP contribution in [0, 0.1) is 0 Å². The Morgan fingerprint density at radius 1 is 1.03 bits per heavy atom. The zero-order chi connectivity index (χ0) is 26.0. The highest BCUT2D eigenvalue weighted by molar-refractivity contribution is 7.89. The number of rotatable bonds is 7. The normalized spacial score (nSPS) is 21.2. The third-order valence-corrected chi connectivity index (χ3v) is 7.80. The number of amides is 3. The summed E-state index contributed by atoms with van der Waals surface area (Å²) in [5, 5.41) is 4.36. The first-order valence-electron chi connectivity index (χ1n) is 11.4. The van der Waals surface area contributed by atoms with Crippen LogP contribution in [0.1, 0.15) is 36.8 Å². The Morgan fingerprint density at radius 2 is 1.72 bits per heavy atom. The first-order valence-corrected chi connectivity index (χ1v) is 14.5. The van der Waals surface area contributed by atoms with Gasteiger partial charge in [-0.15, -0.1) is 0 Å². The summed E-state index contributed by atoms with van der Waals surface area (Å²) in [6.45, 7) is 0.314. The summed E-state index contributed by atoms with van der Waals surface area (Å²) in [6, 6.07) is 10.2. The van der Waals surface area contributed by atoms with Gasteiger partial charge in [-0.25, -0.2) is 13.2 Å². The zero-order valence-electron chi connectivity index (χ0n) is 19.5. The van der Waals surface area contributed by atoms with E-state index in [9.17, 15) is 18.0 Å². The lowest BCUT2D eigenvalue weighted by atomic mass is 10.00. The first-order chi connectivity index (χ1) is 17.0. The lowest BCUT2D eigenvalue weighted by molar-refractivity contribution is -0.118. The molecule has 0 aromatic heterocycles. The molecule has 2 aromatic rings. The van der Waals surface area contributed by atoms with Gasteiger partial charge in [0.25, 0.3) is 0 Å². The third-order valence-electron chi connectivity index (χ3n) is 6.32. The number of sulfonamides is 1. The molecule has 2 saturated heterocycles. The largest absolute Gasteiger partial charge is 0.489 e. The number of carbonyl (C=O) groups is 2. The van der Waals surface area contributed by atoms with Crippen molar-refractivity contribution in [2.24, 2.45) is 0 Å². The van der Waals surface area contributed by atoms with E-state index in [4.69, 9.17) is 39.5 Å². The van der Waals surface area contributed by atoms with Crippen molar-refractivity contribution >= 4 is 56.8 Å². The average Bonchev–Trinajstić information content (AvgIpc) is 3.04. The summed E-state index contributed by atoms with van der Waals surface area (Å²) < 4.78 is 30.5. The molecule has 0 radical (unpaired) electrons. The van der Waals surface area contributed by atoms with Crippen molar-refractivity contribution in [2.75, 3.05) is 6.26 Å². The van der Waals surface area contributed by atoms with E-state index < -0.39 is 15.9 Å². The lowest BCUT2D eigenvalue weighted by Crippen LogP contribution is -2.52. The molecule has 2 aliphatic rings. The molecule has 2 unspecified atom stereocenters. The maximum absolute atomic E-state index is 13.0. The minimum absolute atomic E-state index is 0.0622. The van der Waals surface area contributed by atoms with Gasteiger partial charge < -0.3 is 15.0 Å². The van der Waals surface area contributed by atoms with Crippen LogP contribution in [0.25, 0.3) is 0 Å². The van der Waals surface area contributed by atoms with E-state index in [2.05, 4.69) is 5.32 Å². The van der Waals surface area contributed by atoms with Gasteiger partial charge in [-0.2, -0.15) is 0 Å². The van der Waals surface area contributed by atoms with Crippen LogP contribution in [0.4, 0.5) is 4.79 Å². The van der Waals surface area contributed by atoms with Crippen molar-refractivity contribution in [1.82, 2.24) is 14.9 Å². The molecule has 2 bridgehead atoms. The van der Waals surface area contributed by atoms with E-state index in [0.29, 0.717) is 45.8 Å². The van der Waals surface area contributed by atoms with Crippen molar-refractivity contribution < 1.29 is 22.7 Å². The predicted octanol–water partition coefficient (Wildman–Crippen LogP) is 4.55. The maximum Gasteiger partial charge on any atom is 0.318 e. The van der Waals surface area contributed by atoms with E-state index in [0.717, 1.165) is 24.7 Å². The Balaban J connectivity index is 1.32. The smallest absolute Gasteiger partial charge is 0.318 e. The summed E-state index contributed by atoms with van der Waals surface area (Å²) in [5.41, 5.74) is 1.37. The van der Waals surface area contributed by atoms with Gasteiger partial charge >= 0.3 is 6.03 Å². The number of halogens is 3. The van der Waals surface area contributed by atoms with E-state index >= 15 is 0 Å². The summed E-state index contributed by atoms with van der Waals surface area (Å²) in [7, 11) is -3.62. The topological polar surface area (TPSA) is 105 Å². The summed E-state index contributed by atoms with van der Waals surface area (Å²) in [6.07, 6.45) is 3.87. The second kappa shape index (κ2) is 11.0. The first kappa shape index (κ1) is 26.9. The summed E-state index contributed by atoms with van der Waals surface area (Å²) in [4.78, 5) is 26.7. The molecule has 2 N–H and O–H groups in total. The van der Waals surface area contributed by atoms with Crippen LogP contribution >= 0.6 is 34.8 Å². The van der Waals surface area contributed by atoms with Crippen LogP contribution in [-0.4, -0.2) is 49.7 Å². The molecule has 8 nitrogen and oxygen atoms in total. The SMILES string of the molecule is CS(=O)(=O)NC(=O)Cc1ccc(OC2CC3CCC(C2)N3C(=O)NCc2ccc(Cl)cc2Cl)c(Cl)c1. The number of hydrogen-bond donors (Lipinski definition) is 2. The number of ether oxygens (including phenoxy) is 1. The van der Waals surface area contributed by atoms with E-state index in [1.165, 1.54) is 0 Å². The Kier molecular flexibility index (Phi) is 8.24. The van der Waals surface area contributed by atoms with Crippen LogP contribution in [-0.2, 0) is 27.8 Å². The molecule has 0 aliphatic carbocycles. The van der Waals surface area contributed by atoms with Crippen molar-refractivity contribution in [3.05, 3.63) is 62.6 Å². The minimum Gasteiger partial charge on any atom is -0.489 e. The number of benzene rings is 2. The molecule has 194 valence electrons. The van der Waals surface area contributed by atoms with Crippen molar-refractivity contribution in [2.45, 2.75) is 56.8 Å². The van der Waals surface area contributed by atoms with Crippen molar-refractivity contribution in [3.8, 4) is 5.75 Å². The quantitative estimate of drug-likeness (QED) is 0.505. The third kappa shape index (κ3) is 6.76. The number of urea groups is 1. The van der Waals surface area contributed by atoms with Crippen molar-refractivity contribution in [1.29, 1.82) is 0 Å². The lowest BCUT2D eigenvalue weighted by Gasteiger charge is -2.39. The van der Waals surface area contributed by atoms with Crippen LogP contribution in [0.15, 0.2) is 36.4 Å². The highest BCUT2D eigenvalue weighted by Gasteiger charge is 2.44. The number of nitrogens with one attached hydrogen (secondary N) is 2. The van der Waals surface area contributed by atoms with Gasteiger partial charge in [0.2, 0.25) is 15.9 Å². The molecule has 2 atom stereocenters. The molecule has 2 aliphatic heterocycles. The van der Waals surface area contributed by atoms with Gasteiger partial charge in [0.1, 0.15) is 11.9 Å². The maximum atomic E-state index is 13.0. The number of piperidine rings is 1. The van der Waals surface area contributed by atoms with Gasteiger partial charge in [-0.05, 0) is 48.2 Å². The Morgan fingerprint density at radius 3 is 2.33 bits per heavy atom. The van der Waals surface area contributed by atoms with E-state index in [1.807, 2.05) is 9.62 Å². The molecule has 36 heavy (non-hydrogen) atoms. The fourth-order valence-corrected chi connectivity index (χ4v) is 6.05. The highest BCUT2D eigenvalue weighted by Crippen LogP contribution is 2.38. The Hall–Kier alpha value is -2.20. The van der Waals surface area contributed by atoms with Gasteiger partial charge in [-0.3, -0.25) is 9.52 Å². The second-order valence-corrected chi connectivity index (χ2v) is 12.1. The van der Waals surface area contributed by atoms with Crippen LogP contribution in [0.2, 0.25) is 15.1 Å². The number of fused-ring (bicyclic) bond motifs is 2. The zero-order valence-corrected chi connectivity index (χ0v) is 22.6. The van der Waals surface area contributed by atoms with Gasteiger partial charge in [0.15, 0.2) is 0 Å². The van der Waals surface area contributed by atoms with Crippen LogP contribution < -0.4 is 14.8 Å². The van der Waals surface area contributed by atoms with Gasteiger partial charge in [0.05, 0.1) is 17.7 Å². The molecule has 2 fully saturated rings. The monoisotopic (exact) mass is 573 g/mol. The molecule has 2 aromatic carbocycles. The van der Waals surface area contributed by atoms with Crippen LogP contribution in [0.3, 0.4) is 0 Å². The number of carbonyl (C=O) groups excluding carboxylic acids is 2. The predicted molar refractivity (Wildman–Crippen MR) is 139 cm³/mol. The molecule has 4 rings (SSSR count). The fraction of sp³-hybridized carbons (Fsp3) is 0.417. The van der Waals surface area contributed by atoms with E-state index in [-0.39, 0.29) is 30.6 Å². The molecule has 2 heterocycles. The second-order valence-electron chi connectivity index (χ2n) is 9.14. The Bertz CT molecular complexity index is 1260. The number of nitrogens with zero attached hydrogens (tertiary/aromatic N) is 1. The number of hydrogen-bond acceptors (Lipinski definition) is 5. The summed E-state index contributed by atoms with van der Waals surface area (Å²) in [5.74, 6) is -0.147. The Labute approximate surface area is 225 Å². The standard InChI is InChI=1S/C24H26Cl3N3O5S/c1-36(33,34)29-23(31)9-14-2-7-22(21(27)8-14)35-19-11-17-5-6-18(12-19)30(17)24(32)28-13-15-3-4-16(25)10-20(15)26/h2-4,7-8,10,17-19H,5-6,9,11-13H2,1H3,(H,28,32)(H,29,31). The highest BCUT2D eigenvalue weighted by atomic mass is 35.5. The van der Waals surface area contributed by atoms with Gasteiger partial charge in [-0.1, -0.05) is 46.9 Å². The molecule has 12 heteroatoms. The summed E-state index contributed by atoms with van der Waals surface area (Å²) >= 11 is 18.5. The van der Waals surface area contributed by atoms with Crippen LogP contribution in [0.5, 0.6) is 5.75 Å². The minimum atomic E-state index is -3.62. The molecule has 0 spiro atoms. The molecular weight excluding hydrogens is 549 g/mol. The van der Waals surface area contributed by atoms with Gasteiger partial charge in [0, 0.05) is 41.5 Å². The van der Waals surface area contributed by atoms with Crippen molar-refractivity contribution in [3.63, 3.8) is 0 Å². The molecule has 0 saturated carbocycles. The average molecular weight is 575 g/mol. The fourth-order valence-electron chi connectivity index (χ4n) is 4.84.